The number of aliphatic hydroxyl groups is 1. The number of rotatable bonds is 6. The summed E-state index contributed by atoms with van der Waals surface area (Å²) in [5.74, 6) is 0.145. The highest BCUT2D eigenvalue weighted by Crippen LogP contribution is 2.30. The molecule has 1 N–H and O–H groups in total. The highest BCUT2D eigenvalue weighted by atomic mass is 16.5. The molecule has 1 aromatic rings. The van der Waals surface area contributed by atoms with Crippen molar-refractivity contribution in [1.29, 1.82) is 0 Å². The van der Waals surface area contributed by atoms with E-state index in [1.54, 1.807) is 7.11 Å². The van der Waals surface area contributed by atoms with Crippen LogP contribution < -0.4 is 0 Å². The van der Waals surface area contributed by atoms with Gasteiger partial charge in [0.15, 0.2) is 0 Å². The number of carbonyl (C=O) groups is 1. The summed E-state index contributed by atoms with van der Waals surface area (Å²) in [5, 5.41) is 10.1. The Morgan fingerprint density at radius 2 is 2.10 bits per heavy atom. The molecular weight excluding hydrogens is 254 g/mol. The maximum atomic E-state index is 12.2. The number of methoxy groups -OCH3 is 1. The van der Waals surface area contributed by atoms with Crippen LogP contribution in [0, 0.1) is 5.92 Å². The molecule has 0 aliphatic carbocycles. The Kier molecular flexibility index (Phi) is 5.15. The van der Waals surface area contributed by atoms with Gasteiger partial charge in [-0.25, -0.2) is 0 Å². The monoisotopic (exact) mass is 277 g/mol. The van der Waals surface area contributed by atoms with E-state index in [0.29, 0.717) is 26.0 Å². The van der Waals surface area contributed by atoms with Gasteiger partial charge < -0.3 is 14.7 Å². The van der Waals surface area contributed by atoms with Crippen molar-refractivity contribution in [1.82, 2.24) is 4.90 Å². The van der Waals surface area contributed by atoms with Crippen molar-refractivity contribution in [3.05, 3.63) is 35.9 Å². The van der Waals surface area contributed by atoms with Crippen molar-refractivity contribution in [3.63, 3.8) is 0 Å². The van der Waals surface area contributed by atoms with Gasteiger partial charge in [-0.15, -0.1) is 0 Å². The van der Waals surface area contributed by atoms with E-state index in [1.165, 1.54) is 0 Å². The summed E-state index contributed by atoms with van der Waals surface area (Å²) in [7, 11) is 1.62. The SMILES string of the molecule is COCCC(O)C1CC(=O)N([C@H](C)c2ccccc2)C1. The summed E-state index contributed by atoms with van der Waals surface area (Å²) >= 11 is 0. The number of benzene rings is 1. The van der Waals surface area contributed by atoms with Gasteiger partial charge in [-0.3, -0.25) is 4.79 Å². The molecule has 2 rings (SSSR count). The molecule has 1 fully saturated rings. The number of carbonyl (C=O) groups excluding carboxylic acids is 1. The van der Waals surface area contributed by atoms with E-state index in [2.05, 4.69) is 0 Å². The third-order valence-corrected chi connectivity index (χ3v) is 4.10. The molecule has 1 heterocycles. The summed E-state index contributed by atoms with van der Waals surface area (Å²) in [6, 6.07) is 10.1. The number of hydrogen-bond acceptors (Lipinski definition) is 3. The van der Waals surface area contributed by atoms with Crippen molar-refractivity contribution in [3.8, 4) is 0 Å². The molecule has 1 aromatic carbocycles. The number of likely N-dealkylation sites (tertiary alicyclic amines) is 1. The van der Waals surface area contributed by atoms with Crippen LogP contribution in [0.1, 0.15) is 31.4 Å². The number of ether oxygens (including phenoxy) is 1. The summed E-state index contributed by atoms with van der Waals surface area (Å²) in [6.45, 7) is 3.19. The summed E-state index contributed by atoms with van der Waals surface area (Å²) in [6.07, 6.45) is 0.552. The molecule has 110 valence electrons. The molecule has 2 unspecified atom stereocenters. The average Bonchev–Trinajstić information content (AvgIpc) is 2.87. The van der Waals surface area contributed by atoms with Crippen molar-refractivity contribution in [2.45, 2.75) is 31.9 Å². The normalized spacial score (nSPS) is 22.1. The third kappa shape index (κ3) is 3.38. The second-order valence-corrected chi connectivity index (χ2v) is 5.45. The topological polar surface area (TPSA) is 49.8 Å². The molecular formula is C16H23NO3. The summed E-state index contributed by atoms with van der Waals surface area (Å²) in [5.41, 5.74) is 1.13. The zero-order valence-electron chi connectivity index (χ0n) is 12.2. The van der Waals surface area contributed by atoms with Crippen LogP contribution in [-0.2, 0) is 9.53 Å². The first-order valence-corrected chi connectivity index (χ1v) is 7.15. The molecule has 1 saturated heterocycles. The van der Waals surface area contributed by atoms with Gasteiger partial charge in [0.1, 0.15) is 0 Å². The minimum Gasteiger partial charge on any atom is -0.393 e. The molecule has 20 heavy (non-hydrogen) atoms. The molecule has 4 nitrogen and oxygen atoms in total. The fraction of sp³-hybridized carbons (Fsp3) is 0.562. The molecule has 0 radical (unpaired) electrons. The molecule has 1 aliphatic heterocycles. The number of aliphatic hydroxyl groups excluding tert-OH is 1. The van der Waals surface area contributed by atoms with Crippen molar-refractivity contribution >= 4 is 5.91 Å². The Bertz CT molecular complexity index is 435. The van der Waals surface area contributed by atoms with E-state index >= 15 is 0 Å². The van der Waals surface area contributed by atoms with E-state index in [1.807, 2.05) is 42.2 Å². The predicted molar refractivity (Wildman–Crippen MR) is 77.2 cm³/mol. The van der Waals surface area contributed by atoms with E-state index in [0.717, 1.165) is 5.56 Å². The van der Waals surface area contributed by atoms with Gasteiger partial charge in [-0.1, -0.05) is 30.3 Å². The molecule has 0 aromatic heterocycles. The molecule has 1 amide bonds. The molecule has 0 saturated carbocycles. The maximum absolute atomic E-state index is 12.2. The standard InChI is InChI=1S/C16H23NO3/c1-12(13-6-4-3-5-7-13)17-11-14(10-16(17)19)15(18)8-9-20-2/h3-7,12,14-15,18H,8-11H2,1-2H3/t12-,14?,15?/m1/s1. The highest BCUT2D eigenvalue weighted by molar-refractivity contribution is 5.79. The van der Waals surface area contributed by atoms with Crippen molar-refractivity contribution in [2.24, 2.45) is 5.92 Å². The quantitative estimate of drug-likeness (QED) is 0.865. The van der Waals surface area contributed by atoms with Gasteiger partial charge in [0.25, 0.3) is 0 Å². The number of nitrogens with zero attached hydrogens (tertiary/aromatic N) is 1. The predicted octanol–water partition coefficient (Wildman–Crippen LogP) is 1.99. The lowest BCUT2D eigenvalue weighted by Gasteiger charge is -2.26. The number of hydrogen-bond donors (Lipinski definition) is 1. The Morgan fingerprint density at radius 3 is 2.75 bits per heavy atom. The molecule has 4 heteroatoms. The minimum atomic E-state index is -0.466. The van der Waals surface area contributed by atoms with Gasteiger partial charge in [0.05, 0.1) is 12.1 Å². The molecule has 1 aliphatic rings. The van der Waals surface area contributed by atoms with Crippen LogP contribution in [0.15, 0.2) is 30.3 Å². The first-order valence-electron chi connectivity index (χ1n) is 7.15. The lowest BCUT2D eigenvalue weighted by atomic mass is 9.99. The van der Waals surface area contributed by atoms with Crippen LogP contribution in [0.4, 0.5) is 0 Å². The summed E-state index contributed by atoms with van der Waals surface area (Å²) in [4.78, 5) is 14.0. The van der Waals surface area contributed by atoms with Gasteiger partial charge in [0, 0.05) is 32.6 Å². The molecule has 0 bridgehead atoms. The Hall–Kier alpha value is -1.39. The molecule has 0 spiro atoms. The number of amides is 1. The van der Waals surface area contributed by atoms with Crippen LogP contribution >= 0.6 is 0 Å². The van der Waals surface area contributed by atoms with Crippen LogP contribution in [0.3, 0.4) is 0 Å². The summed E-state index contributed by atoms with van der Waals surface area (Å²) < 4.78 is 4.98. The van der Waals surface area contributed by atoms with Crippen LogP contribution in [0.2, 0.25) is 0 Å². The van der Waals surface area contributed by atoms with Crippen molar-refractivity contribution in [2.75, 3.05) is 20.3 Å². The van der Waals surface area contributed by atoms with Gasteiger partial charge in [-0.2, -0.15) is 0 Å². The smallest absolute Gasteiger partial charge is 0.223 e. The Morgan fingerprint density at radius 1 is 1.40 bits per heavy atom. The third-order valence-electron chi connectivity index (χ3n) is 4.10. The molecule has 3 atom stereocenters. The van der Waals surface area contributed by atoms with E-state index < -0.39 is 6.10 Å². The second kappa shape index (κ2) is 6.86. The largest absolute Gasteiger partial charge is 0.393 e. The maximum Gasteiger partial charge on any atom is 0.223 e. The Balaban J connectivity index is 1.99. The first-order chi connectivity index (χ1) is 9.63. The fourth-order valence-corrected chi connectivity index (χ4v) is 2.78. The second-order valence-electron chi connectivity index (χ2n) is 5.45. The highest BCUT2D eigenvalue weighted by Gasteiger charge is 2.36. The average molecular weight is 277 g/mol. The van der Waals surface area contributed by atoms with Crippen LogP contribution in [-0.4, -0.2) is 42.3 Å². The lowest BCUT2D eigenvalue weighted by Crippen LogP contribution is -2.30. The Labute approximate surface area is 120 Å². The van der Waals surface area contributed by atoms with Gasteiger partial charge in [-0.05, 0) is 18.9 Å². The van der Waals surface area contributed by atoms with E-state index in [9.17, 15) is 9.90 Å². The van der Waals surface area contributed by atoms with Gasteiger partial charge >= 0.3 is 0 Å². The first kappa shape index (κ1) is 15.0. The fourth-order valence-electron chi connectivity index (χ4n) is 2.78. The minimum absolute atomic E-state index is 0.0174. The van der Waals surface area contributed by atoms with Crippen molar-refractivity contribution < 1.29 is 14.6 Å². The van der Waals surface area contributed by atoms with Gasteiger partial charge in [0.2, 0.25) is 5.91 Å². The van der Waals surface area contributed by atoms with E-state index in [4.69, 9.17) is 4.74 Å². The zero-order valence-corrected chi connectivity index (χ0v) is 12.2. The zero-order chi connectivity index (χ0) is 14.5. The van der Waals surface area contributed by atoms with E-state index in [-0.39, 0.29) is 17.9 Å². The van der Waals surface area contributed by atoms with Crippen LogP contribution in [0.5, 0.6) is 0 Å². The van der Waals surface area contributed by atoms with Crippen LogP contribution in [0.25, 0.3) is 0 Å². The lowest BCUT2D eigenvalue weighted by molar-refractivity contribution is -0.129.